The van der Waals surface area contributed by atoms with E-state index in [-0.39, 0.29) is 6.10 Å². The van der Waals surface area contributed by atoms with Gasteiger partial charge >= 0.3 is 0 Å². The molecule has 1 aromatic rings. The van der Waals surface area contributed by atoms with Crippen LogP contribution in [0.5, 0.6) is 0 Å². The zero-order valence-electron chi connectivity index (χ0n) is 7.39. The van der Waals surface area contributed by atoms with Gasteiger partial charge < -0.3 is 5.11 Å². The minimum Gasteiger partial charge on any atom is -0.392 e. The molecule has 1 aliphatic heterocycles. The van der Waals surface area contributed by atoms with Crippen LogP contribution in [0.25, 0.3) is 0 Å². The highest BCUT2D eigenvalue weighted by atomic mass is 32.2. The lowest BCUT2D eigenvalue weighted by atomic mass is 10.3. The van der Waals surface area contributed by atoms with Crippen molar-refractivity contribution in [1.82, 2.24) is 4.31 Å². The molecule has 1 N–H and O–H groups in total. The van der Waals surface area contributed by atoms with Crippen molar-refractivity contribution in [2.75, 3.05) is 13.1 Å². The molecule has 1 unspecified atom stereocenters. The fourth-order valence-corrected chi connectivity index (χ4v) is 2.44. The summed E-state index contributed by atoms with van der Waals surface area (Å²) in [7, 11) is 0. The van der Waals surface area contributed by atoms with Gasteiger partial charge in [0.1, 0.15) is 0 Å². The number of hydrogen-bond acceptors (Lipinski definition) is 3. The fraction of sp³-hybridized carbons (Fsp3) is 0.400. The predicted molar refractivity (Wildman–Crippen MR) is 54.5 cm³/mol. The Labute approximate surface area is 82.7 Å². The second kappa shape index (κ2) is 4.13. The van der Waals surface area contributed by atoms with Gasteiger partial charge in [-0.05, 0) is 30.5 Å². The van der Waals surface area contributed by atoms with Crippen LogP contribution in [0.15, 0.2) is 35.2 Å². The summed E-state index contributed by atoms with van der Waals surface area (Å²) in [6, 6.07) is 10.3. The van der Waals surface area contributed by atoms with Gasteiger partial charge in [0.25, 0.3) is 0 Å². The lowest BCUT2D eigenvalue weighted by Crippen LogP contribution is -2.13. The monoisotopic (exact) mass is 195 g/mol. The fourth-order valence-electron chi connectivity index (χ4n) is 1.42. The molecule has 0 radical (unpaired) electrons. The molecule has 0 aromatic heterocycles. The third-order valence-electron chi connectivity index (χ3n) is 2.10. The van der Waals surface area contributed by atoms with Crippen molar-refractivity contribution in [2.45, 2.75) is 17.4 Å². The molecule has 1 aromatic carbocycles. The quantitative estimate of drug-likeness (QED) is 0.727. The van der Waals surface area contributed by atoms with Crippen molar-refractivity contribution in [2.24, 2.45) is 0 Å². The maximum atomic E-state index is 9.32. The Morgan fingerprint density at radius 2 is 2.08 bits per heavy atom. The number of nitrogens with zero attached hydrogens (tertiary/aromatic N) is 1. The summed E-state index contributed by atoms with van der Waals surface area (Å²) in [5.41, 5.74) is 0. The predicted octanol–water partition coefficient (Wildman–Crippen LogP) is 1.76. The molecule has 1 heterocycles. The number of β-amino-alcohol motifs (C(OH)–C–C–N with tert-alkyl or cyclic N) is 1. The smallest absolute Gasteiger partial charge is 0.0689 e. The molecule has 70 valence electrons. The minimum atomic E-state index is -0.129. The molecule has 0 bridgehead atoms. The Balaban J connectivity index is 1.92. The molecule has 2 nitrogen and oxygen atoms in total. The molecule has 0 saturated carbocycles. The number of hydrogen-bond donors (Lipinski definition) is 1. The van der Waals surface area contributed by atoms with E-state index in [1.807, 2.05) is 18.2 Å². The van der Waals surface area contributed by atoms with E-state index >= 15 is 0 Å². The first-order chi connectivity index (χ1) is 6.34. The number of benzene rings is 1. The van der Waals surface area contributed by atoms with Gasteiger partial charge in [-0.25, -0.2) is 4.31 Å². The van der Waals surface area contributed by atoms with Crippen LogP contribution in [0.2, 0.25) is 0 Å². The first kappa shape index (κ1) is 9.06. The first-order valence-corrected chi connectivity index (χ1v) is 5.28. The van der Waals surface area contributed by atoms with E-state index in [1.165, 1.54) is 4.90 Å². The lowest BCUT2D eigenvalue weighted by molar-refractivity contribution is 0.190. The molecule has 0 spiro atoms. The maximum absolute atomic E-state index is 9.32. The van der Waals surface area contributed by atoms with Crippen molar-refractivity contribution in [3.05, 3.63) is 30.3 Å². The largest absolute Gasteiger partial charge is 0.392 e. The van der Waals surface area contributed by atoms with E-state index in [4.69, 9.17) is 0 Å². The van der Waals surface area contributed by atoms with Crippen molar-refractivity contribution in [3.63, 3.8) is 0 Å². The van der Waals surface area contributed by atoms with Gasteiger partial charge in [0.05, 0.1) is 6.10 Å². The van der Waals surface area contributed by atoms with E-state index in [2.05, 4.69) is 16.4 Å². The van der Waals surface area contributed by atoms with Crippen LogP contribution in [0, 0.1) is 0 Å². The summed E-state index contributed by atoms with van der Waals surface area (Å²) >= 11 is 1.73. The summed E-state index contributed by atoms with van der Waals surface area (Å²) in [6.07, 6.45) is 0.774. The van der Waals surface area contributed by atoms with Gasteiger partial charge in [-0.1, -0.05) is 18.2 Å². The summed E-state index contributed by atoms with van der Waals surface area (Å²) in [4.78, 5) is 1.25. The van der Waals surface area contributed by atoms with Gasteiger partial charge in [0, 0.05) is 18.0 Å². The molecule has 1 fully saturated rings. The van der Waals surface area contributed by atoms with Crippen LogP contribution < -0.4 is 0 Å². The van der Waals surface area contributed by atoms with Gasteiger partial charge in [-0.2, -0.15) is 0 Å². The SMILES string of the molecule is OC1CCN(Sc2ccccc2)C1. The average Bonchev–Trinajstić information content (AvgIpc) is 2.53. The molecule has 1 saturated heterocycles. The molecule has 1 aliphatic rings. The van der Waals surface area contributed by atoms with E-state index in [0.717, 1.165) is 19.5 Å². The molecule has 1 atom stereocenters. The number of aliphatic hydroxyl groups excluding tert-OH is 1. The lowest BCUT2D eigenvalue weighted by Gasteiger charge is -2.12. The van der Waals surface area contributed by atoms with Crippen LogP contribution in [0.3, 0.4) is 0 Å². The van der Waals surface area contributed by atoms with E-state index < -0.39 is 0 Å². The summed E-state index contributed by atoms with van der Waals surface area (Å²) in [5.74, 6) is 0. The van der Waals surface area contributed by atoms with E-state index in [1.54, 1.807) is 11.9 Å². The zero-order valence-corrected chi connectivity index (χ0v) is 8.20. The Morgan fingerprint density at radius 1 is 1.31 bits per heavy atom. The minimum absolute atomic E-state index is 0.129. The van der Waals surface area contributed by atoms with Gasteiger partial charge in [-0.15, -0.1) is 0 Å². The summed E-state index contributed by atoms with van der Waals surface area (Å²) in [5, 5.41) is 9.32. The van der Waals surface area contributed by atoms with Crippen molar-refractivity contribution in [1.29, 1.82) is 0 Å². The highest BCUT2D eigenvalue weighted by Gasteiger charge is 2.20. The Hall–Kier alpha value is -0.510. The number of aliphatic hydroxyl groups is 1. The average molecular weight is 195 g/mol. The highest BCUT2D eigenvalue weighted by Crippen LogP contribution is 2.26. The molecular formula is C10H13NOS. The van der Waals surface area contributed by atoms with Crippen molar-refractivity contribution >= 4 is 11.9 Å². The van der Waals surface area contributed by atoms with E-state index in [0.29, 0.717) is 0 Å². The van der Waals surface area contributed by atoms with Gasteiger partial charge in [0.2, 0.25) is 0 Å². The summed E-state index contributed by atoms with van der Waals surface area (Å²) in [6.45, 7) is 1.78. The third kappa shape index (κ3) is 2.46. The van der Waals surface area contributed by atoms with Gasteiger partial charge in [-0.3, -0.25) is 0 Å². The normalized spacial score (nSPS) is 23.6. The molecule has 3 heteroatoms. The molecule has 2 rings (SSSR count). The highest BCUT2D eigenvalue weighted by molar-refractivity contribution is 7.97. The second-order valence-electron chi connectivity index (χ2n) is 3.23. The first-order valence-electron chi connectivity index (χ1n) is 4.50. The topological polar surface area (TPSA) is 23.5 Å². The van der Waals surface area contributed by atoms with Crippen molar-refractivity contribution < 1.29 is 5.11 Å². The Morgan fingerprint density at radius 3 is 2.69 bits per heavy atom. The molecular weight excluding hydrogens is 182 g/mol. The molecule has 0 aliphatic carbocycles. The zero-order chi connectivity index (χ0) is 9.10. The summed E-state index contributed by atoms with van der Waals surface area (Å²) < 4.78 is 2.21. The standard InChI is InChI=1S/C10H13NOS/c12-9-6-7-11(8-9)13-10-4-2-1-3-5-10/h1-5,9,12H,6-8H2. The van der Waals surface area contributed by atoms with Crippen LogP contribution in [-0.4, -0.2) is 28.6 Å². The van der Waals surface area contributed by atoms with Crippen LogP contribution in [0.1, 0.15) is 6.42 Å². The van der Waals surface area contributed by atoms with E-state index in [9.17, 15) is 5.11 Å². The van der Waals surface area contributed by atoms with Crippen molar-refractivity contribution in [3.8, 4) is 0 Å². The Kier molecular flexibility index (Phi) is 2.88. The van der Waals surface area contributed by atoms with Crippen LogP contribution in [0.4, 0.5) is 0 Å². The van der Waals surface area contributed by atoms with Crippen LogP contribution >= 0.6 is 11.9 Å². The Bertz CT molecular complexity index is 265. The number of rotatable bonds is 2. The van der Waals surface area contributed by atoms with Gasteiger partial charge in [0.15, 0.2) is 0 Å². The third-order valence-corrected chi connectivity index (χ3v) is 3.18. The van der Waals surface area contributed by atoms with Crippen LogP contribution in [-0.2, 0) is 0 Å². The molecule has 13 heavy (non-hydrogen) atoms. The maximum Gasteiger partial charge on any atom is 0.0689 e. The molecule has 0 amide bonds. The second-order valence-corrected chi connectivity index (χ2v) is 4.41.